The number of aliphatic carboxylic acids is 1. The van der Waals surface area contributed by atoms with Gasteiger partial charge in [-0.25, -0.2) is 4.89 Å². The molecule has 9 heavy (non-hydrogen) atoms. The van der Waals surface area contributed by atoms with Crippen molar-refractivity contribution in [2.24, 2.45) is 0 Å². The molecule has 5 heteroatoms. The maximum absolute atomic E-state index is 9.84. The fraction of sp³-hybridized carbons (Fsp3) is 0.750. The Morgan fingerprint density at radius 1 is 1.67 bits per heavy atom. The average Bonchev–Trinajstić information content (AvgIpc) is 1.80. The molecule has 0 fully saturated rings. The molecule has 0 saturated heterocycles. The maximum Gasteiger partial charge on any atom is 0.313 e. The third-order valence-electron chi connectivity index (χ3n) is 0.544. The topological polar surface area (TPSA) is 66.8 Å². The summed E-state index contributed by atoms with van der Waals surface area (Å²) >= 11 is 1.20. The second-order valence-electron chi connectivity index (χ2n) is 1.28. The zero-order valence-corrected chi connectivity index (χ0v) is 5.56. The fourth-order valence-corrected chi connectivity index (χ4v) is 0.767. The third-order valence-corrected chi connectivity index (χ3v) is 1.45. The average molecular weight is 152 g/mol. The van der Waals surface area contributed by atoms with Gasteiger partial charge in [-0.05, 0) is 0 Å². The largest absolute Gasteiger partial charge is 0.481 e. The summed E-state index contributed by atoms with van der Waals surface area (Å²) in [5.74, 6) is -0.287. The molecule has 0 aromatic heterocycles. The summed E-state index contributed by atoms with van der Waals surface area (Å²) in [6, 6.07) is 0. The van der Waals surface area contributed by atoms with E-state index in [0.717, 1.165) is 0 Å². The van der Waals surface area contributed by atoms with Crippen LogP contribution in [0.5, 0.6) is 0 Å². The van der Waals surface area contributed by atoms with Crippen LogP contribution in [-0.4, -0.2) is 34.4 Å². The zero-order chi connectivity index (χ0) is 7.11. The van der Waals surface area contributed by atoms with Gasteiger partial charge in [0.1, 0.15) is 0 Å². The standard InChI is InChI=1S/C4H8O4S/c5-4(6)3-9-2-1-8-7/h7H,1-3H2,(H,5,6). The molecule has 4 nitrogen and oxygen atoms in total. The summed E-state index contributed by atoms with van der Waals surface area (Å²) in [7, 11) is 0. The number of carbonyl (C=O) groups is 1. The Bertz CT molecular complexity index is 84.6. The monoisotopic (exact) mass is 152 g/mol. The molecular formula is C4H8O4S. The summed E-state index contributed by atoms with van der Waals surface area (Å²) in [6.07, 6.45) is 0. The van der Waals surface area contributed by atoms with E-state index in [2.05, 4.69) is 4.89 Å². The van der Waals surface area contributed by atoms with E-state index >= 15 is 0 Å². The minimum atomic E-state index is -0.849. The molecule has 0 amide bonds. The minimum absolute atomic E-state index is 0.0589. The van der Waals surface area contributed by atoms with Gasteiger partial charge in [-0.2, -0.15) is 0 Å². The predicted octanol–water partition coefficient (Wildman–Crippen LogP) is 0.294. The smallest absolute Gasteiger partial charge is 0.313 e. The van der Waals surface area contributed by atoms with Crippen molar-refractivity contribution in [2.75, 3.05) is 18.1 Å². The van der Waals surface area contributed by atoms with Gasteiger partial charge in [0.05, 0.1) is 12.4 Å². The molecule has 0 aromatic carbocycles. The molecule has 0 unspecified atom stereocenters. The van der Waals surface area contributed by atoms with Crippen LogP contribution in [0.25, 0.3) is 0 Å². The second kappa shape index (κ2) is 5.87. The summed E-state index contributed by atoms with van der Waals surface area (Å²) in [6.45, 7) is 0.179. The van der Waals surface area contributed by atoms with Crippen LogP contribution in [0, 0.1) is 0 Å². The number of rotatable bonds is 5. The van der Waals surface area contributed by atoms with E-state index in [4.69, 9.17) is 10.4 Å². The highest BCUT2D eigenvalue weighted by molar-refractivity contribution is 7.99. The Kier molecular flexibility index (Phi) is 5.70. The molecule has 0 spiro atoms. The Hall–Kier alpha value is -0.260. The SMILES string of the molecule is O=C(O)CSCCOO. The Labute approximate surface area is 56.8 Å². The van der Waals surface area contributed by atoms with Gasteiger partial charge in [0.25, 0.3) is 0 Å². The summed E-state index contributed by atoms with van der Waals surface area (Å²) in [5.41, 5.74) is 0. The van der Waals surface area contributed by atoms with Gasteiger partial charge in [-0.3, -0.25) is 10.1 Å². The van der Waals surface area contributed by atoms with Gasteiger partial charge in [0.2, 0.25) is 0 Å². The maximum atomic E-state index is 9.84. The van der Waals surface area contributed by atoms with E-state index in [1.807, 2.05) is 0 Å². The summed E-state index contributed by atoms with van der Waals surface area (Å²) in [5, 5.41) is 15.9. The normalized spacial score (nSPS) is 9.44. The van der Waals surface area contributed by atoms with Crippen LogP contribution < -0.4 is 0 Å². The van der Waals surface area contributed by atoms with Crippen molar-refractivity contribution in [1.82, 2.24) is 0 Å². The molecule has 0 radical (unpaired) electrons. The molecule has 0 saturated carbocycles. The highest BCUT2D eigenvalue weighted by Crippen LogP contribution is 1.97. The molecule has 54 valence electrons. The predicted molar refractivity (Wildman–Crippen MR) is 33.5 cm³/mol. The van der Waals surface area contributed by atoms with E-state index in [1.165, 1.54) is 11.8 Å². The molecule has 2 N–H and O–H groups in total. The van der Waals surface area contributed by atoms with Crippen molar-refractivity contribution >= 4 is 17.7 Å². The van der Waals surface area contributed by atoms with E-state index in [0.29, 0.717) is 5.75 Å². The fourth-order valence-electron chi connectivity index (χ4n) is 0.256. The first-order chi connectivity index (χ1) is 4.27. The Morgan fingerprint density at radius 3 is 2.78 bits per heavy atom. The molecule has 0 atom stereocenters. The highest BCUT2D eigenvalue weighted by Gasteiger charge is 1.94. The van der Waals surface area contributed by atoms with Crippen LogP contribution in [0.3, 0.4) is 0 Å². The quantitative estimate of drug-likeness (QED) is 0.337. The van der Waals surface area contributed by atoms with Crippen LogP contribution in [-0.2, 0) is 9.68 Å². The molecule has 0 aliphatic carbocycles. The van der Waals surface area contributed by atoms with E-state index in [9.17, 15) is 4.79 Å². The number of carboxylic acid groups (broad SMARTS) is 1. The van der Waals surface area contributed by atoms with Crippen molar-refractivity contribution in [2.45, 2.75) is 0 Å². The van der Waals surface area contributed by atoms with Gasteiger partial charge in [-0.15, -0.1) is 11.8 Å². The molecule has 0 bridgehead atoms. The van der Waals surface area contributed by atoms with Crippen molar-refractivity contribution in [1.29, 1.82) is 0 Å². The van der Waals surface area contributed by atoms with Gasteiger partial charge >= 0.3 is 5.97 Å². The lowest BCUT2D eigenvalue weighted by molar-refractivity contribution is -0.236. The van der Waals surface area contributed by atoms with Crippen molar-refractivity contribution in [3.63, 3.8) is 0 Å². The molecule has 0 aliphatic rings. The van der Waals surface area contributed by atoms with Crippen molar-refractivity contribution in [3.8, 4) is 0 Å². The number of hydrogen-bond acceptors (Lipinski definition) is 4. The van der Waals surface area contributed by atoms with Crippen LogP contribution in [0.2, 0.25) is 0 Å². The van der Waals surface area contributed by atoms with E-state index in [1.54, 1.807) is 0 Å². The third kappa shape index (κ3) is 7.74. The first kappa shape index (κ1) is 8.74. The lowest BCUT2D eigenvalue weighted by atomic mass is 10.8. The first-order valence-corrected chi connectivity index (χ1v) is 3.48. The number of thioether (sulfide) groups is 1. The lowest BCUT2D eigenvalue weighted by Gasteiger charge is -1.93. The minimum Gasteiger partial charge on any atom is -0.481 e. The first-order valence-electron chi connectivity index (χ1n) is 2.33. The van der Waals surface area contributed by atoms with Gasteiger partial charge in [0, 0.05) is 5.75 Å². The zero-order valence-electron chi connectivity index (χ0n) is 4.74. The van der Waals surface area contributed by atoms with Gasteiger partial charge in [0.15, 0.2) is 0 Å². The summed E-state index contributed by atoms with van der Waals surface area (Å²) in [4.78, 5) is 13.5. The number of carboxylic acids is 1. The molecular weight excluding hydrogens is 144 g/mol. The van der Waals surface area contributed by atoms with Crippen LogP contribution in [0.1, 0.15) is 0 Å². The molecule has 0 heterocycles. The van der Waals surface area contributed by atoms with E-state index in [-0.39, 0.29) is 12.4 Å². The van der Waals surface area contributed by atoms with Crippen molar-refractivity contribution < 1.29 is 20.0 Å². The van der Waals surface area contributed by atoms with E-state index < -0.39 is 5.97 Å². The number of hydrogen-bond donors (Lipinski definition) is 2. The van der Waals surface area contributed by atoms with Gasteiger partial charge in [-0.1, -0.05) is 0 Å². The Morgan fingerprint density at radius 2 is 2.33 bits per heavy atom. The van der Waals surface area contributed by atoms with Crippen LogP contribution >= 0.6 is 11.8 Å². The molecule has 0 aliphatic heterocycles. The molecule has 0 aromatic rings. The Balaban J connectivity index is 2.83. The van der Waals surface area contributed by atoms with Gasteiger partial charge < -0.3 is 5.11 Å². The second-order valence-corrected chi connectivity index (χ2v) is 2.38. The molecule has 0 rings (SSSR count). The van der Waals surface area contributed by atoms with Crippen LogP contribution in [0.4, 0.5) is 0 Å². The van der Waals surface area contributed by atoms with Crippen LogP contribution in [0.15, 0.2) is 0 Å². The summed E-state index contributed by atoms with van der Waals surface area (Å²) < 4.78 is 0. The highest BCUT2D eigenvalue weighted by atomic mass is 32.2. The van der Waals surface area contributed by atoms with Crippen molar-refractivity contribution in [3.05, 3.63) is 0 Å². The lowest BCUT2D eigenvalue weighted by Crippen LogP contribution is -2.01.